The highest BCUT2D eigenvalue weighted by Gasteiger charge is 2.17. The molecule has 1 aromatic heterocycles. The van der Waals surface area contributed by atoms with Crippen molar-refractivity contribution in [1.82, 2.24) is 15.6 Å². The second kappa shape index (κ2) is 7.04. The van der Waals surface area contributed by atoms with Crippen molar-refractivity contribution in [1.29, 1.82) is 0 Å². The van der Waals surface area contributed by atoms with Crippen LogP contribution >= 0.6 is 23.6 Å². The Hall–Kier alpha value is -0.680. The van der Waals surface area contributed by atoms with Gasteiger partial charge in [0.05, 0.1) is 6.04 Å². The van der Waals surface area contributed by atoms with Crippen molar-refractivity contribution >= 4 is 28.7 Å². The monoisotopic (exact) mass is 283 g/mol. The molecule has 1 atom stereocenters. The maximum absolute atomic E-state index is 5.41. The number of thiocarbonyl (C=S) groups is 1. The SMILES string of the molecule is CCC(NC(=S)NC1CCCCC1)c1nccs1. The molecule has 1 aromatic rings. The van der Waals surface area contributed by atoms with Gasteiger partial charge in [-0.1, -0.05) is 26.2 Å². The zero-order valence-corrected chi connectivity index (χ0v) is 12.4. The molecular weight excluding hydrogens is 262 g/mol. The topological polar surface area (TPSA) is 37.0 Å². The van der Waals surface area contributed by atoms with Gasteiger partial charge in [-0.3, -0.25) is 0 Å². The molecule has 0 radical (unpaired) electrons. The first-order valence-corrected chi connectivity index (χ1v) is 8.04. The zero-order chi connectivity index (χ0) is 12.8. The molecule has 0 aromatic carbocycles. The first kappa shape index (κ1) is 13.7. The van der Waals surface area contributed by atoms with Crippen molar-refractivity contribution < 1.29 is 0 Å². The highest BCUT2D eigenvalue weighted by atomic mass is 32.1. The maximum atomic E-state index is 5.41. The summed E-state index contributed by atoms with van der Waals surface area (Å²) >= 11 is 7.09. The van der Waals surface area contributed by atoms with Crippen LogP contribution < -0.4 is 10.6 Å². The summed E-state index contributed by atoms with van der Waals surface area (Å²) in [5.74, 6) is 0. The molecule has 18 heavy (non-hydrogen) atoms. The van der Waals surface area contributed by atoms with Gasteiger partial charge >= 0.3 is 0 Å². The van der Waals surface area contributed by atoms with Crippen molar-refractivity contribution in [2.45, 2.75) is 57.5 Å². The molecule has 3 nitrogen and oxygen atoms in total. The summed E-state index contributed by atoms with van der Waals surface area (Å²) in [6.07, 6.45) is 9.36. The van der Waals surface area contributed by atoms with Crippen LogP contribution in [0.25, 0.3) is 0 Å². The number of thiazole rings is 1. The molecule has 1 heterocycles. The van der Waals surface area contributed by atoms with Gasteiger partial charge in [0.2, 0.25) is 0 Å². The van der Waals surface area contributed by atoms with Gasteiger partial charge in [0, 0.05) is 17.6 Å². The second-order valence-corrected chi connectivity index (χ2v) is 6.12. The number of aromatic nitrogens is 1. The Labute approximate surface area is 118 Å². The molecule has 1 saturated carbocycles. The van der Waals surface area contributed by atoms with Gasteiger partial charge in [-0.25, -0.2) is 4.98 Å². The van der Waals surface area contributed by atoms with Crippen LogP contribution in [0, 0.1) is 0 Å². The lowest BCUT2D eigenvalue weighted by Crippen LogP contribution is -2.43. The van der Waals surface area contributed by atoms with E-state index in [-0.39, 0.29) is 6.04 Å². The molecule has 0 bridgehead atoms. The minimum absolute atomic E-state index is 0.244. The molecule has 1 fully saturated rings. The average molecular weight is 283 g/mol. The minimum atomic E-state index is 0.244. The maximum Gasteiger partial charge on any atom is 0.167 e. The Morgan fingerprint density at radius 2 is 2.28 bits per heavy atom. The van der Waals surface area contributed by atoms with E-state index >= 15 is 0 Å². The fourth-order valence-electron chi connectivity index (χ4n) is 2.38. The van der Waals surface area contributed by atoms with Crippen LogP contribution in [0.5, 0.6) is 0 Å². The quantitative estimate of drug-likeness (QED) is 0.831. The predicted octanol–water partition coefficient (Wildman–Crippen LogP) is 3.39. The third kappa shape index (κ3) is 3.92. The first-order valence-electron chi connectivity index (χ1n) is 6.76. The van der Waals surface area contributed by atoms with Crippen LogP contribution in [0.4, 0.5) is 0 Å². The van der Waals surface area contributed by atoms with Crippen LogP contribution in [-0.2, 0) is 0 Å². The van der Waals surface area contributed by atoms with Gasteiger partial charge in [0.1, 0.15) is 5.01 Å². The zero-order valence-electron chi connectivity index (χ0n) is 10.8. The Morgan fingerprint density at radius 3 is 2.89 bits per heavy atom. The molecule has 100 valence electrons. The Kier molecular flexibility index (Phi) is 5.38. The highest BCUT2D eigenvalue weighted by molar-refractivity contribution is 7.80. The summed E-state index contributed by atoms with van der Waals surface area (Å²) in [5.41, 5.74) is 0. The van der Waals surface area contributed by atoms with E-state index in [9.17, 15) is 0 Å². The van der Waals surface area contributed by atoms with Gasteiger partial charge in [-0.2, -0.15) is 0 Å². The highest BCUT2D eigenvalue weighted by Crippen LogP contribution is 2.20. The summed E-state index contributed by atoms with van der Waals surface area (Å²) in [6.45, 7) is 2.16. The number of hydrogen-bond donors (Lipinski definition) is 2. The third-order valence-electron chi connectivity index (χ3n) is 3.40. The molecule has 0 aliphatic heterocycles. The van der Waals surface area contributed by atoms with Gasteiger partial charge in [-0.15, -0.1) is 11.3 Å². The smallest absolute Gasteiger partial charge is 0.167 e. The predicted molar refractivity (Wildman–Crippen MR) is 80.9 cm³/mol. The van der Waals surface area contributed by atoms with Gasteiger partial charge in [0.25, 0.3) is 0 Å². The van der Waals surface area contributed by atoms with Crippen LogP contribution in [0.2, 0.25) is 0 Å². The Balaban J connectivity index is 1.82. The molecule has 1 unspecified atom stereocenters. The van der Waals surface area contributed by atoms with E-state index in [1.54, 1.807) is 11.3 Å². The van der Waals surface area contributed by atoms with Gasteiger partial charge < -0.3 is 10.6 Å². The normalized spacial score (nSPS) is 18.3. The van der Waals surface area contributed by atoms with Gasteiger partial charge in [-0.05, 0) is 31.5 Å². The fourth-order valence-corrected chi connectivity index (χ4v) is 3.46. The van der Waals surface area contributed by atoms with Crippen LogP contribution in [0.1, 0.15) is 56.5 Å². The van der Waals surface area contributed by atoms with Crippen molar-refractivity contribution in [3.8, 4) is 0 Å². The van der Waals surface area contributed by atoms with Crippen molar-refractivity contribution in [3.05, 3.63) is 16.6 Å². The van der Waals surface area contributed by atoms with E-state index in [0.29, 0.717) is 6.04 Å². The molecule has 2 N–H and O–H groups in total. The minimum Gasteiger partial charge on any atom is -0.360 e. The van der Waals surface area contributed by atoms with E-state index in [2.05, 4.69) is 22.5 Å². The van der Waals surface area contributed by atoms with Crippen LogP contribution in [0.3, 0.4) is 0 Å². The standard InChI is InChI=1S/C13H21N3S2/c1-2-11(12-14-8-9-18-12)16-13(17)15-10-6-4-3-5-7-10/h8-11H,2-7H2,1H3,(H2,15,16,17). The summed E-state index contributed by atoms with van der Waals surface area (Å²) in [4.78, 5) is 4.36. The van der Waals surface area contributed by atoms with Crippen LogP contribution in [-0.4, -0.2) is 16.1 Å². The van der Waals surface area contributed by atoms with Crippen LogP contribution in [0.15, 0.2) is 11.6 Å². The Bertz CT molecular complexity index is 358. The summed E-state index contributed by atoms with van der Waals surface area (Å²) in [5, 5.41) is 10.7. The lowest BCUT2D eigenvalue weighted by Gasteiger charge is -2.26. The Morgan fingerprint density at radius 1 is 1.50 bits per heavy atom. The van der Waals surface area contributed by atoms with Gasteiger partial charge in [0.15, 0.2) is 5.11 Å². The summed E-state index contributed by atoms with van der Waals surface area (Å²) < 4.78 is 0. The largest absolute Gasteiger partial charge is 0.360 e. The molecule has 0 spiro atoms. The molecule has 5 heteroatoms. The van der Waals surface area contributed by atoms with E-state index in [4.69, 9.17) is 12.2 Å². The fraction of sp³-hybridized carbons (Fsp3) is 0.692. The van der Waals surface area contributed by atoms with Crippen molar-refractivity contribution in [2.75, 3.05) is 0 Å². The lowest BCUT2D eigenvalue weighted by molar-refractivity contribution is 0.410. The van der Waals surface area contributed by atoms with Crippen molar-refractivity contribution in [2.24, 2.45) is 0 Å². The summed E-state index contributed by atoms with van der Waals surface area (Å²) in [7, 11) is 0. The number of nitrogens with zero attached hydrogens (tertiary/aromatic N) is 1. The molecule has 2 rings (SSSR count). The number of nitrogens with one attached hydrogen (secondary N) is 2. The summed E-state index contributed by atoms with van der Waals surface area (Å²) in [6, 6.07) is 0.807. The van der Waals surface area contributed by atoms with Crippen molar-refractivity contribution in [3.63, 3.8) is 0 Å². The van der Waals surface area contributed by atoms with E-state index in [1.807, 2.05) is 11.6 Å². The lowest BCUT2D eigenvalue weighted by atomic mass is 9.96. The average Bonchev–Trinajstić information content (AvgIpc) is 2.91. The molecule has 1 aliphatic carbocycles. The molecule has 1 aliphatic rings. The third-order valence-corrected chi connectivity index (χ3v) is 4.53. The first-order chi connectivity index (χ1) is 8.79. The van der Waals surface area contributed by atoms with E-state index in [0.717, 1.165) is 16.5 Å². The molecule has 0 saturated heterocycles. The van der Waals surface area contributed by atoms with E-state index < -0.39 is 0 Å². The number of hydrogen-bond acceptors (Lipinski definition) is 3. The molecular formula is C13H21N3S2. The van der Waals surface area contributed by atoms with E-state index in [1.165, 1.54) is 32.1 Å². The molecule has 0 amide bonds. The number of rotatable bonds is 4. The second-order valence-electron chi connectivity index (χ2n) is 4.78.